The summed E-state index contributed by atoms with van der Waals surface area (Å²) >= 11 is 10.6. The standard InChI is InChI=1S/C4H8N2S3/c7-4(8)5-6-1-2-9-3-6/h1-3H2,(H2,5,7,8). The normalized spacial score (nSPS) is 20.1. The molecule has 0 spiro atoms. The molecular formula is C4H8N2S3. The topological polar surface area (TPSA) is 15.3 Å². The predicted octanol–water partition coefficient (Wildman–Crippen LogP) is 0.712. The average molecular weight is 180 g/mol. The zero-order chi connectivity index (χ0) is 6.69. The lowest BCUT2D eigenvalue weighted by molar-refractivity contribution is 0.317. The zero-order valence-electron chi connectivity index (χ0n) is 4.83. The smallest absolute Gasteiger partial charge is 0.145 e. The molecule has 0 bridgehead atoms. The Morgan fingerprint density at radius 3 is 3.00 bits per heavy atom. The minimum atomic E-state index is 0.553. The third kappa shape index (κ3) is 2.75. The first-order chi connectivity index (χ1) is 4.29. The lowest BCUT2D eigenvalue weighted by Crippen LogP contribution is -2.36. The second-order valence-electron chi connectivity index (χ2n) is 1.72. The molecule has 0 atom stereocenters. The molecule has 0 aromatic heterocycles. The molecule has 1 N–H and O–H groups in total. The molecule has 0 radical (unpaired) electrons. The Morgan fingerprint density at radius 1 is 1.78 bits per heavy atom. The van der Waals surface area contributed by atoms with Crippen molar-refractivity contribution in [2.75, 3.05) is 18.2 Å². The maximum Gasteiger partial charge on any atom is 0.145 e. The van der Waals surface area contributed by atoms with Gasteiger partial charge in [-0.3, -0.25) is 0 Å². The summed E-state index contributed by atoms with van der Waals surface area (Å²) in [5.74, 6) is 2.20. The van der Waals surface area contributed by atoms with E-state index < -0.39 is 0 Å². The fraction of sp³-hybridized carbons (Fsp3) is 0.750. The van der Waals surface area contributed by atoms with Gasteiger partial charge in [0.25, 0.3) is 0 Å². The zero-order valence-corrected chi connectivity index (χ0v) is 7.36. The molecular weight excluding hydrogens is 172 g/mol. The third-order valence-electron chi connectivity index (χ3n) is 1.01. The SMILES string of the molecule is S=C(S)NN1CCSC1. The molecule has 1 fully saturated rings. The van der Waals surface area contributed by atoms with E-state index in [9.17, 15) is 0 Å². The van der Waals surface area contributed by atoms with Gasteiger partial charge in [-0.25, -0.2) is 5.01 Å². The van der Waals surface area contributed by atoms with E-state index in [1.165, 1.54) is 5.75 Å². The molecule has 2 nitrogen and oxygen atoms in total. The molecule has 1 rings (SSSR count). The molecule has 0 aliphatic carbocycles. The minimum Gasteiger partial charge on any atom is -0.303 e. The molecule has 0 saturated carbocycles. The summed E-state index contributed by atoms with van der Waals surface area (Å²) in [5.41, 5.74) is 2.95. The first kappa shape index (κ1) is 7.65. The largest absolute Gasteiger partial charge is 0.303 e. The molecule has 9 heavy (non-hydrogen) atoms. The maximum atomic E-state index is 4.73. The van der Waals surface area contributed by atoms with Gasteiger partial charge in [-0.2, -0.15) is 0 Å². The van der Waals surface area contributed by atoms with Crippen molar-refractivity contribution >= 4 is 40.9 Å². The van der Waals surface area contributed by atoms with Crippen molar-refractivity contribution in [3.63, 3.8) is 0 Å². The molecule has 1 saturated heterocycles. The van der Waals surface area contributed by atoms with Crippen molar-refractivity contribution < 1.29 is 0 Å². The van der Waals surface area contributed by atoms with Gasteiger partial charge in [-0.15, -0.1) is 24.4 Å². The van der Waals surface area contributed by atoms with E-state index in [-0.39, 0.29) is 0 Å². The first-order valence-corrected chi connectivity index (χ1v) is 4.62. The summed E-state index contributed by atoms with van der Waals surface area (Å²) < 4.78 is 0.553. The van der Waals surface area contributed by atoms with Crippen LogP contribution in [0.1, 0.15) is 0 Å². The summed E-state index contributed by atoms with van der Waals surface area (Å²) in [5, 5.41) is 2.06. The van der Waals surface area contributed by atoms with Gasteiger partial charge in [0.05, 0.1) is 5.88 Å². The first-order valence-electron chi connectivity index (χ1n) is 2.61. The highest BCUT2D eigenvalue weighted by atomic mass is 32.2. The average Bonchev–Trinajstić information content (AvgIpc) is 2.15. The van der Waals surface area contributed by atoms with Crippen LogP contribution in [0, 0.1) is 0 Å². The van der Waals surface area contributed by atoms with Gasteiger partial charge >= 0.3 is 0 Å². The van der Waals surface area contributed by atoms with Crippen molar-refractivity contribution in [1.29, 1.82) is 0 Å². The predicted molar refractivity (Wildman–Crippen MR) is 48.8 cm³/mol. The third-order valence-corrected chi connectivity index (χ3v) is 2.16. The number of thiol groups is 1. The molecule has 0 unspecified atom stereocenters. The highest BCUT2D eigenvalue weighted by Crippen LogP contribution is 2.10. The van der Waals surface area contributed by atoms with Crippen LogP contribution in [0.5, 0.6) is 0 Å². The van der Waals surface area contributed by atoms with Gasteiger partial charge in [-0.05, 0) is 0 Å². The van der Waals surface area contributed by atoms with Crippen LogP contribution in [0.3, 0.4) is 0 Å². The molecule has 52 valence electrons. The minimum absolute atomic E-state index is 0.553. The van der Waals surface area contributed by atoms with Crippen molar-refractivity contribution in [3.05, 3.63) is 0 Å². The van der Waals surface area contributed by atoms with Crippen LogP contribution in [-0.2, 0) is 0 Å². The highest BCUT2D eigenvalue weighted by molar-refractivity contribution is 8.11. The number of nitrogens with zero attached hydrogens (tertiary/aromatic N) is 1. The van der Waals surface area contributed by atoms with Crippen LogP contribution in [-0.4, -0.2) is 27.5 Å². The Balaban J connectivity index is 2.19. The van der Waals surface area contributed by atoms with E-state index in [1.807, 2.05) is 11.8 Å². The fourth-order valence-corrected chi connectivity index (χ4v) is 1.80. The monoisotopic (exact) mass is 180 g/mol. The Labute approximate surface area is 69.7 Å². The van der Waals surface area contributed by atoms with Gasteiger partial charge < -0.3 is 5.43 Å². The van der Waals surface area contributed by atoms with Crippen LogP contribution in [0.25, 0.3) is 0 Å². The molecule has 5 heteroatoms. The summed E-state index contributed by atoms with van der Waals surface area (Å²) in [7, 11) is 0. The van der Waals surface area contributed by atoms with E-state index >= 15 is 0 Å². The summed E-state index contributed by atoms with van der Waals surface area (Å²) in [6.45, 7) is 1.06. The highest BCUT2D eigenvalue weighted by Gasteiger charge is 2.10. The van der Waals surface area contributed by atoms with Crippen molar-refractivity contribution in [2.45, 2.75) is 0 Å². The molecule has 1 aliphatic rings. The number of hydrazine groups is 1. The molecule has 0 amide bonds. The van der Waals surface area contributed by atoms with E-state index in [1.54, 1.807) is 0 Å². The molecule has 0 aromatic rings. The second-order valence-corrected chi connectivity index (χ2v) is 3.95. The molecule has 0 aromatic carbocycles. The number of nitrogens with one attached hydrogen (secondary N) is 1. The van der Waals surface area contributed by atoms with Gasteiger partial charge in [0.1, 0.15) is 4.32 Å². The Morgan fingerprint density at radius 2 is 2.56 bits per heavy atom. The lowest BCUT2D eigenvalue weighted by atomic mass is 10.7. The van der Waals surface area contributed by atoms with E-state index in [0.29, 0.717) is 4.32 Å². The summed E-state index contributed by atoms with van der Waals surface area (Å²) in [6.07, 6.45) is 0. The van der Waals surface area contributed by atoms with Gasteiger partial charge in [-0.1, -0.05) is 12.2 Å². The van der Waals surface area contributed by atoms with Crippen LogP contribution in [0.15, 0.2) is 0 Å². The number of thioether (sulfide) groups is 1. The Hall–Kier alpha value is 0.550. The van der Waals surface area contributed by atoms with Gasteiger partial charge in [0.15, 0.2) is 0 Å². The van der Waals surface area contributed by atoms with Crippen molar-refractivity contribution in [2.24, 2.45) is 0 Å². The van der Waals surface area contributed by atoms with Crippen LogP contribution < -0.4 is 5.43 Å². The summed E-state index contributed by atoms with van der Waals surface area (Å²) in [4.78, 5) is 0. The second kappa shape index (κ2) is 3.65. The number of hydrogen-bond acceptors (Lipinski definition) is 3. The van der Waals surface area contributed by atoms with Crippen LogP contribution >= 0.6 is 36.6 Å². The lowest BCUT2D eigenvalue weighted by Gasteiger charge is -2.13. The van der Waals surface area contributed by atoms with Crippen LogP contribution in [0.4, 0.5) is 0 Å². The quantitative estimate of drug-likeness (QED) is 0.456. The number of rotatable bonds is 1. The van der Waals surface area contributed by atoms with Crippen LogP contribution in [0.2, 0.25) is 0 Å². The van der Waals surface area contributed by atoms with E-state index in [0.717, 1.165) is 12.4 Å². The molecule has 1 aliphatic heterocycles. The molecule has 1 heterocycles. The maximum absolute atomic E-state index is 4.73. The van der Waals surface area contributed by atoms with E-state index in [2.05, 4.69) is 23.1 Å². The number of hydrogen-bond donors (Lipinski definition) is 2. The van der Waals surface area contributed by atoms with Gasteiger partial charge in [0.2, 0.25) is 0 Å². The van der Waals surface area contributed by atoms with E-state index in [4.69, 9.17) is 12.2 Å². The fourth-order valence-electron chi connectivity index (χ4n) is 0.637. The Kier molecular flexibility index (Phi) is 3.11. The van der Waals surface area contributed by atoms with Crippen molar-refractivity contribution in [1.82, 2.24) is 10.4 Å². The summed E-state index contributed by atoms with van der Waals surface area (Å²) in [6, 6.07) is 0. The number of thiocarbonyl (C=S) groups is 1. The Bertz CT molecular complexity index is 110. The van der Waals surface area contributed by atoms with Crippen molar-refractivity contribution in [3.8, 4) is 0 Å². The van der Waals surface area contributed by atoms with Gasteiger partial charge in [0, 0.05) is 12.3 Å².